The Balaban J connectivity index is 1.72. The van der Waals surface area contributed by atoms with Crippen LogP contribution in [0.15, 0.2) is 65.9 Å². The fraction of sp³-hybridized carbons (Fsp3) is 0.136. The summed E-state index contributed by atoms with van der Waals surface area (Å²) in [6.45, 7) is 4.27. The summed E-state index contributed by atoms with van der Waals surface area (Å²) in [7, 11) is 0. The maximum atomic E-state index is 13.2. The standard InChI is InChI=1S/C22H19N3O2S/c1-14-5-6-17(12-15(14)2)24-20-19(18-4-3-11-28-18)21(26)25(22(20)27)13-16-7-9-23-10-8-16/h3-12,24H,13H2,1-2H3. The van der Waals surface area contributed by atoms with Crippen molar-refractivity contribution in [2.45, 2.75) is 20.4 Å². The predicted molar refractivity (Wildman–Crippen MR) is 111 cm³/mol. The van der Waals surface area contributed by atoms with E-state index in [9.17, 15) is 9.59 Å². The number of nitrogens with one attached hydrogen (secondary N) is 1. The first kappa shape index (κ1) is 18.1. The summed E-state index contributed by atoms with van der Waals surface area (Å²) in [6, 6.07) is 13.3. The third-order valence-electron chi connectivity index (χ3n) is 4.80. The minimum Gasteiger partial charge on any atom is -0.350 e. The highest BCUT2D eigenvalue weighted by Gasteiger charge is 2.39. The van der Waals surface area contributed by atoms with E-state index in [0.717, 1.165) is 21.7 Å². The highest BCUT2D eigenvalue weighted by molar-refractivity contribution is 7.11. The molecule has 3 heterocycles. The first-order chi connectivity index (χ1) is 13.5. The van der Waals surface area contributed by atoms with E-state index in [4.69, 9.17) is 0 Å². The SMILES string of the molecule is Cc1ccc(NC2=C(c3cccs3)C(=O)N(Cc3ccncc3)C2=O)cc1C. The number of aromatic nitrogens is 1. The lowest BCUT2D eigenvalue weighted by molar-refractivity contribution is -0.137. The molecule has 0 saturated heterocycles. The van der Waals surface area contributed by atoms with Gasteiger partial charge < -0.3 is 5.32 Å². The Labute approximate surface area is 167 Å². The molecule has 1 aromatic carbocycles. The van der Waals surface area contributed by atoms with E-state index in [1.807, 2.05) is 49.6 Å². The molecule has 6 heteroatoms. The molecule has 3 aromatic rings. The van der Waals surface area contributed by atoms with Crippen LogP contribution in [0.1, 0.15) is 21.6 Å². The van der Waals surface area contributed by atoms with Crippen molar-refractivity contribution in [3.63, 3.8) is 0 Å². The normalized spacial score (nSPS) is 14.1. The van der Waals surface area contributed by atoms with Crippen LogP contribution in [0, 0.1) is 13.8 Å². The van der Waals surface area contributed by atoms with Gasteiger partial charge in [0.05, 0.1) is 12.1 Å². The van der Waals surface area contributed by atoms with Gasteiger partial charge in [-0.15, -0.1) is 11.3 Å². The second kappa shape index (κ2) is 7.40. The van der Waals surface area contributed by atoms with Crippen LogP contribution in [0.25, 0.3) is 5.57 Å². The van der Waals surface area contributed by atoms with Crippen LogP contribution in [0.5, 0.6) is 0 Å². The number of anilines is 1. The largest absolute Gasteiger partial charge is 0.350 e. The van der Waals surface area contributed by atoms with Gasteiger partial charge in [0.15, 0.2) is 0 Å². The predicted octanol–water partition coefficient (Wildman–Crippen LogP) is 4.15. The summed E-state index contributed by atoms with van der Waals surface area (Å²) in [4.78, 5) is 32.3. The van der Waals surface area contributed by atoms with Gasteiger partial charge in [0, 0.05) is 23.0 Å². The second-order valence-corrected chi connectivity index (χ2v) is 7.65. The zero-order valence-corrected chi connectivity index (χ0v) is 16.4. The van der Waals surface area contributed by atoms with Gasteiger partial charge in [-0.1, -0.05) is 12.1 Å². The summed E-state index contributed by atoms with van der Waals surface area (Å²) in [5.74, 6) is -0.598. The monoisotopic (exact) mass is 389 g/mol. The molecule has 0 fully saturated rings. The molecular formula is C22H19N3O2S. The molecule has 4 rings (SSSR count). The second-order valence-electron chi connectivity index (χ2n) is 6.70. The van der Waals surface area contributed by atoms with Crippen LogP contribution in [0.4, 0.5) is 5.69 Å². The Morgan fingerprint density at radius 3 is 2.46 bits per heavy atom. The number of hydrogen-bond donors (Lipinski definition) is 1. The first-order valence-corrected chi connectivity index (χ1v) is 9.80. The summed E-state index contributed by atoms with van der Waals surface area (Å²) in [6.07, 6.45) is 3.31. The zero-order chi connectivity index (χ0) is 19.7. The molecule has 2 amide bonds. The van der Waals surface area contributed by atoms with E-state index in [2.05, 4.69) is 10.3 Å². The van der Waals surface area contributed by atoms with Crippen molar-refractivity contribution in [2.75, 3.05) is 5.32 Å². The third-order valence-corrected chi connectivity index (χ3v) is 5.69. The molecule has 2 aromatic heterocycles. The molecule has 1 aliphatic heterocycles. The van der Waals surface area contributed by atoms with E-state index in [-0.39, 0.29) is 18.4 Å². The van der Waals surface area contributed by atoms with Gasteiger partial charge in [0.2, 0.25) is 0 Å². The van der Waals surface area contributed by atoms with Crippen LogP contribution >= 0.6 is 11.3 Å². The molecule has 0 bridgehead atoms. The fourth-order valence-electron chi connectivity index (χ4n) is 3.12. The van der Waals surface area contributed by atoms with Crippen molar-refractivity contribution in [1.29, 1.82) is 0 Å². The summed E-state index contributed by atoms with van der Waals surface area (Å²) in [5, 5.41) is 5.11. The average Bonchev–Trinajstić information content (AvgIpc) is 3.29. The zero-order valence-electron chi connectivity index (χ0n) is 15.6. The van der Waals surface area contributed by atoms with Gasteiger partial charge in [0.1, 0.15) is 5.70 Å². The lowest BCUT2D eigenvalue weighted by Crippen LogP contribution is -2.31. The molecule has 0 atom stereocenters. The number of nitrogens with zero attached hydrogens (tertiary/aromatic N) is 2. The summed E-state index contributed by atoms with van der Waals surface area (Å²) < 4.78 is 0. The quantitative estimate of drug-likeness (QED) is 0.666. The van der Waals surface area contributed by atoms with Crippen LogP contribution in [-0.4, -0.2) is 21.7 Å². The lowest BCUT2D eigenvalue weighted by Gasteiger charge is -2.15. The topological polar surface area (TPSA) is 62.3 Å². The minimum atomic E-state index is -0.316. The van der Waals surface area contributed by atoms with Crippen molar-refractivity contribution in [1.82, 2.24) is 9.88 Å². The summed E-state index contributed by atoms with van der Waals surface area (Å²) >= 11 is 1.45. The number of carbonyl (C=O) groups is 2. The molecule has 1 N–H and O–H groups in total. The number of thiophene rings is 1. The lowest BCUT2D eigenvalue weighted by atomic mass is 10.1. The number of pyridine rings is 1. The fourth-order valence-corrected chi connectivity index (χ4v) is 3.89. The van der Waals surface area contributed by atoms with E-state index in [1.165, 1.54) is 21.8 Å². The van der Waals surface area contributed by atoms with Crippen molar-refractivity contribution >= 4 is 34.4 Å². The van der Waals surface area contributed by atoms with Gasteiger partial charge in [-0.3, -0.25) is 19.5 Å². The number of carbonyl (C=O) groups excluding carboxylic acids is 2. The maximum Gasteiger partial charge on any atom is 0.278 e. The Morgan fingerprint density at radius 2 is 1.79 bits per heavy atom. The minimum absolute atomic E-state index is 0.215. The first-order valence-electron chi connectivity index (χ1n) is 8.92. The highest BCUT2D eigenvalue weighted by Crippen LogP contribution is 2.33. The number of imide groups is 1. The third kappa shape index (κ3) is 3.34. The van der Waals surface area contributed by atoms with Crippen LogP contribution in [-0.2, 0) is 16.1 Å². The average molecular weight is 389 g/mol. The van der Waals surface area contributed by atoms with Gasteiger partial charge in [-0.2, -0.15) is 0 Å². The van der Waals surface area contributed by atoms with Gasteiger partial charge in [-0.25, -0.2) is 0 Å². The van der Waals surface area contributed by atoms with Gasteiger partial charge in [-0.05, 0) is 66.2 Å². The van der Waals surface area contributed by atoms with E-state index in [1.54, 1.807) is 24.5 Å². The highest BCUT2D eigenvalue weighted by atomic mass is 32.1. The van der Waals surface area contributed by atoms with Crippen molar-refractivity contribution in [3.05, 3.63) is 87.5 Å². The van der Waals surface area contributed by atoms with Crippen molar-refractivity contribution < 1.29 is 9.59 Å². The van der Waals surface area contributed by atoms with E-state index >= 15 is 0 Å². The Hall–Kier alpha value is -3.25. The number of hydrogen-bond acceptors (Lipinski definition) is 5. The van der Waals surface area contributed by atoms with E-state index in [0.29, 0.717) is 11.3 Å². The Bertz CT molecular complexity index is 1070. The molecule has 0 spiro atoms. The molecule has 5 nitrogen and oxygen atoms in total. The molecule has 1 aliphatic rings. The van der Waals surface area contributed by atoms with Crippen molar-refractivity contribution in [2.24, 2.45) is 0 Å². The van der Waals surface area contributed by atoms with Crippen molar-refractivity contribution in [3.8, 4) is 0 Å². The molecule has 28 heavy (non-hydrogen) atoms. The van der Waals surface area contributed by atoms with Gasteiger partial charge >= 0.3 is 0 Å². The maximum absolute atomic E-state index is 13.2. The van der Waals surface area contributed by atoms with Crippen LogP contribution < -0.4 is 5.32 Å². The summed E-state index contributed by atoms with van der Waals surface area (Å²) in [5.41, 5.74) is 4.69. The number of rotatable bonds is 5. The molecule has 0 unspecified atom stereocenters. The van der Waals surface area contributed by atoms with Gasteiger partial charge in [0.25, 0.3) is 11.8 Å². The van der Waals surface area contributed by atoms with Crippen LogP contribution in [0.2, 0.25) is 0 Å². The Morgan fingerprint density at radius 1 is 1.00 bits per heavy atom. The van der Waals surface area contributed by atoms with Crippen LogP contribution in [0.3, 0.4) is 0 Å². The molecule has 140 valence electrons. The molecule has 0 saturated carbocycles. The number of benzene rings is 1. The Kier molecular flexibility index (Phi) is 4.79. The number of aryl methyl sites for hydroxylation is 2. The van der Waals surface area contributed by atoms with E-state index < -0.39 is 0 Å². The number of amides is 2. The smallest absolute Gasteiger partial charge is 0.278 e. The molecule has 0 radical (unpaired) electrons. The molecular weight excluding hydrogens is 370 g/mol. The molecule has 0 aliphatic carbocycles.